The van der Waals surface area contributed by atoms with E-state index >= 15 is 0 Å². The number of sulfonamides is 1. The van der Waals surface area contributed by atoms with Crippen LogP contribution in [0, 0.1) is 5.92 Å². The molecule has 5 heteroatoms. The van der Waals surface area contributed by atoms with Crippen LogP contribution in [0.5, 0.6) is 0 Å². The molecule has 1 aliphatic rings. The highest BCUT2D eigenvalue weighted by Gasteiger charge is 2.23. The van der Waals surface area contributed by atoms with Gasteiger partial charge in [0.05, 0.1) is 5.75 Å². The second-order valence-electron chi connectivity index (χ2n) is 4.21. The van der Waals surface area contributed by atoms with Gasteiger partial charge in [0.2, 0.25) is 10.0 Å². The quantitative estimate of drug-likeness (QED) is 0.578. The Morgan fingerprint density at radius 1 is 1.27 bits per heavy atom. The Kier molecular flexibility index (Phi) is 5.56. The van der Waals surface area contributed by atoms with Crippen LogP contribution in [0.2, 0.25) is 0 Å². The molecule has 0 amide bonds. The molecule has 2 N–H and O–H groups in total. The van der Waals surface area contributed by atoms with E-state index in [1.54, 1.807) is 0 Å². The maximum absolute atomic E-state index is 11.5. The molecule has 1 rings (SSSR count). The van der Waals surface area contributed by atoms with Gasteiger partial charge in [-0.3, -0.25) is 0 Å². The van der Waals surface area contributed by atoms with Gasteiger partial charge < -0.3 is 5.32 Å². The van der Waals surface area contributed by atoms with Crippen molar-refractivity contribution >= 4 is 10.0 Å². The van der Waals surface area contributed by atoms with Crippen LogP contribution in [0.15, 0.2) is 0 Å². The van der Waals surface area contributed by atoms with E-state index in [1.807, 2.05) is 0 Å². The highest BCUT2D eigenvalue weighted by atomic mass is 32.2. The fourth-order valence-corrected chi connectivity index (χ4v) is 2.49. The first-order valence-corrected chi connectivity index (χ1v) is 7.47. The van der Waals surface area contributed by atoms with Crippen molar-refractivity contribution in [2.75, 3.05) is 25.4 Å². The average Bonchev–Trinajstić information content (AvgIpc) is 2.98. The maximum Gasteiger partial charge on any atom is 0.211 e. The lowest BCUT2D eigenvalue weighted by atomic mass is 10.4. The molecule has 90 valence electrons. The molecule has 15 heavy (non-hydrogen) atoms. The van der Waals surface area contributed by atoms with Crippen LogP contribution in [0.25, 0.3) is 0 Å². The lowest BCUT2D eigenvalue weighted by molar-refractivity contribution is 0.571. The monoisotopic (exact) mass is 234 g/mol. The molecular formula is C10H22N2O2S. The summed E-state index contributed by atoms with van der Waals surface area (Å²) in [5.41, 5.74) is 0. The van der Waals surface area contributed by atoms with Crippen molar-refractivity contribution in [2.24, 2.45) is 5.92 Å². The summed E-state index contributed by atoms with van der Waals surface area (Å²) in [4.78, 5) is 0. The summed E-state index contributed by atoms with van der Waals surface area (Å²) in [6.07, 6.45) is 4.15. The van der Waals surface area contributed by atoms with E-state index in [0.29, 0.717) is 18.9 Å². The normalized spacial score (nSPS) is 16.9. The Morgan fingerprint density at radius 3 is 2.60 bits per heavy atom. The zero-order valence-corrected chi connectivity index (χ0v) is 10.3. The van der Waals surface area contributed by atoms with Crippen molar-refractivity contribution < 1.29 is 8.42 Å². The smallest absolute Gasteiger partial charge is 0.211 e. The Hall–Kier alpha value is -0.130. The molecule has 0 spiro atoms. The summed E-state index contributed by atoms with van der Waals surface area (Å²) in [7, 11) is -3.01. The third-order valence-electron chi connectivity index (χ3n) is 2.48. The van der Waals surface area contributed by atoms with Crippen molar-refractivity contribution in [2.45, 2.75) is 32.6 Å². The van der Waals surface area contributed by atoms with Crippen molar-refractivity contribution in [3.8, 4) is 0 Å². The Labute approximate surface area is 92.9 Å². The maximum atomic E-state index is 11.5. The first-order valence-electron chi connectivity index (χ1n) is 5.82. The van der Waals surface area contributed by atoms with Gasteiger partial charge >= 0.3 is 0 Å². The van der Waals surface area contributed by atoms with Gasteiger partial charge in [-0.2, -0.15) is 0 Å². The Balaban J connectivity index is 2.01. The van der Waals surface area contributed by atoms with E-state index in [2.05, 4.69) is 17.0 Å². The summed E-state index contributed by atoms with van der Waals surface area (Å²) in [5.74, 6) is 0.856. The standard InChI is InChI=1S/C10H22N2O2S/c1-2-6-11-7-3-8-15(13,14)12-9-10-4-5-10/h10-12H,2-9H2,1H3. The van der Waals surface area contributed by atoms with Crippen molar-refractivity contribution in [3.63, 3.8) is 0 Å². The fraction of sp³-hybridized carbons (Fsp3) is 1.00. The largest absolute Gasteiger partial charge is 0.317 e. The van der Waals surface area contributed by atoms with Crippen LogP contribution in [0.1, 0.15) is 32.6 Å². The van der Waals surface area contributed by atoms with Gasteiger partial charge in [-0.1, -0.05) is 6.92 Å². The predicted octanol–water partition coefficient (Wildman–Crippen LogP) is 0.706. The summed E-state index contributed by atoms with van der Waals surface area (Å²) in [5, 5.41) is 3.19. The molecule has 0 heterocycles. The molecule has 0 unspecified atom stereocenters. The molecule has 1 saturated carbocycles. The lowest BCUT2D eigenvalue weighted by Gasteiger charge is -2.06. The average molecular weight is 234 g/mol. The second kappa shape index (κ2) is 6.45. The topological polar surface area (TPSA) is 58.2 Å². The van der Waals surface area contributed by atoms with Gasteiger partial charge in [-0.25, -0.2) is 13.1 Å². The third kappa shape index (κ3) is 6.87. The molecule has 0 atom stereocenters. The van der Waals surface area contributed by atoms with Gasteiger partial charge in [-0.05, 0) is 44.7 Å². The minimum atomic E-state index is -3.01. The molecule has 0 radical (unpaired) electrons. The van der Waals surface area contributed by atoms with E-state index in [-0.39, 0.29) is 5.75 Å². The zero-order chi connectivity index (χ0) is 11.1. The van der Waals surface area contributed by atoms with Crippen molar-refractivity contribution in [3.05, 3.63) is 0 Å². The van der Waals surface area contributed by atoms with Crippen LogP contribution in [-0.2, 0) is 10.0 Å². The van der Waals surface area contributed by atoms with Crippen LogP contribution < -0.4 is 10.0 Å². The summed E-state index contributed by atoms with van der Waals surface area (Å²) < 4.78 is 25.6. The van der Waals surface area contributed by atoms with E-state index in [1.165, 1.54) is 12.8 Å². The number of rotatable bonds is 9. The Bertz CT molecular complexity index is 261. The number of nitrogens with one attached hydrogen (secondary N) is 2. The summed E-state index contributed by atoms with van der Waals surface area (Å²) >= 11 is 0. The van der Waals surface area contributed by atoms with E-state index in [0.717, 1.165) is 19.5 Å². The molecule has 0 aromatic rings. The summed E-state index contributed by atoms with van der Waals surface area (Å²) in [6, 6.07) is 0. The highest BCUT2D eigenvalue weighted by Crippen LogP contribution is 2.27. The third-order valence-corrected chi connectivity index (χ3v) is 3.91. The van der Waals surface area contributed by atoms with Gasteiger partial charge in [0.25, 0.3) is 0 Å². The SMILES string of the molecule is CCCNCCCS(=O)(=O)NCC1CC1. The first kappa shape index (κ1) is 12.9. The second-order valence-corrected chi connectivity index (χ2v) is 6.14. The minimum absolute atomic E-state index is 0.246. The van der Waals surface area contributed by atoms with Gasteiger partial charge in [0, 0.05) is 6.54 Å². The van der Waals surface area contributed by atoms with Gasteiger partial charge in [0.1, 0.15) is 0 Å². The summed E-state index contributed by atoms with van der Waals surface area (Å²) in [6.45, 7) is 4.50. The molecule has 0 aliphatic heterocycles. The molecule has 1 aliphatic carbocycles. The molecule has 1 fully saturated rings. The van der Waals surface area contributed by atoms with Crippen LogP contribution >= 0.6 is 0 Å². The van der Waals surface area contributed by atoms with Crippen LogP contribution in [0.4, 0.5) is 0 Å². The predicted molar refractivity (Wildman–Crippen MR) is 62.3 cm³/mol. The minimum Gasteiger partial charge on any atom is -0.317 e. The molecule has 0 bridgehead atoms. The molecule has 0 aromatic carbocycles. The van der Waals surface area contributed by atoms with Gasteiger partial charge in [-0.15, -0.1) is 0 Å². The highest BCUT2D eigenvalue weighted by molar-refractivity contribution is 7.89. The number of hydrogen-bond donors (Lipinski definition) is 2. The van der Waals surface area contributed by atoms with Crippen LogP contribution in [0.3, 0.4) is 0 Å². The molecule has 4 nitrogen and oxygen atoms in total. The van der Waals surface area contributed by atoms with Gasteiger partial charge in [0.15, 0.2) is 0 Å². The first-order chi connectivity index (χ1) is 7.14. The van der Waals surface area contributed by atoms with E-state index in [4.69, 9.17) is 0 Å². The Morgan fingerprint density at radius 2 is 2.00 bits per heavy atom. The fourth-order valence-electron chi connectivity index (χ4n) is 1.33. The van der Waals surface area contributed by atoms with Crippen molar-refractivity contribution in [1.29, 1.82) is 0 Å². The molecule has 0 saturated heterocycles. The van der Waals surface area contributed by atoms with Crippen molar-refractivity contribution in [1.82, 2.24) is 10.0 Å². The lowest BCUT2D eigenvalue weighted by Crippen LogP contribution is -2.30. The molecule has 0 aromatic heterocycles. The van der Waals surface area contributed by atoms with E-state index < -0.39 is 10.0 Å². The number of hydrogen-bond acceptors (Lipinski definition) is 3. The zero-order valence-electron chi connectivity index (χ0n) is 9.46. The van der Waals surface area contributed by atoms with E-state index in [9.17, 15) is 8.42 Å². The van der Waals surface area contributed by atoms with Crippen LogP contribution in [-0.4, -0.2) is 33.8 Å². The molecular weight excluding hydrogens is 212 g/mol.